The van der Waals surface area contributed by atoms with Crippen molar-refractivity contribution in [1.29, 1.82) is 0 Å². The number of quaternary nitrogens is 1. The van der Waals surface area contributed by atoms with Crippen molar-refractivity contribution in [3.05, 3.63) is 0 Å². The lowest BCUT2D eigenvalue weighted by Gasteiger charge is -2.48. The van der Waals surface area contributed by atoms with Crippen molar-refractivity contribution in [3.63, 3.8) is 0 Å². The molecule has 3 heteroatoms. The van der Waals surface area contributed by atoms with E-state index in [9.17, 15) is 0 Å². The summed E-state index contributed by atoms with van der Waals surface area (Å²) in [5.74, 6) is 0. The summed E-state index contributed by atoms with van der Waals surface area (Å²) in [6.07, 6.45) is 1.25. The molecule has 0 unspecified atom stereocenters. The molecule has 3 nitrogen and oxygen atoms in total. The van der Waals surface area contributed by atoms with Crippen LogP contribution in [-0.2, 0) is 9.47 Å². The highest BCUT2D eigenvalue weighted by Gasteiger charge is 2.44. The monoisotopic (exact) mass is 200 g/mol. The number of hydrogen-bond acceptors (Lipinski definition) is 2. The summed E-state index contributed by atoms with van der Waals surface area (Å²) in [7, 11) is 2.36. The Morgan fingerprint density at radius 2 is 1.79 bits per heavy atom. The molecule has 0 aromatic carbocycles. The molecule has 0 aromatic rings. The molecule has 0 spiro atoms. The van der Waals surface area contributed by atoms with Gasteiger partial charge in [-0.1, -0.05) is 6.92 Å². The Morgan fingerprint density at radius 3 is 2.21 bits per heavy atom. The first-order valence-corrected chi connectivity index (χ1v) is 5.67. The molecule has 2 heterocycles. The number of ether oxygens (including phenoxy) is 2. The van der Waals surface area contributed by atoms with Gasteiger partial charge in [-0.15, -0.1) is 0 Å². The predicted octanol–water partition coefficient (Wildman–Crippen LogP) is 0.890. The molecule has 82 valence electrons. The second kappa shape index (κ2) is 3.80. The molecule has 14 heavy (non-hydrogen) atoms. The molecule has 2 fully saturated rings. The molecule has 0 atom stereocenters. The van der Waals surface area contributed by atoms with Crippen molar-refractivity contribution < 1.29 is 14.0 Å². The maximum atomic E-state index is 5.42. The number of hydrogen-bond donors (Lipinski definition) is 0. The van der Waals surface area contributed by atoms with Crippen LogP contribution < -0.4 is 0 Å². The average Bonchev–Trinajstić information content (AvgIpc) is 2.13. The van der Waals surface area contributed by atoms with Gasteiger partial charge in [-0.2, -0.15) is 0 Å². The first-order valence-electron chi connectivity index (χ1n) is 5.67. The minimum absolute atomic E-state index is 0.478. The Labute approximate surface area is 86.6 Å². The summed E-state index contributed by atoms with van der Waals surface area (Å²) in [6.45, 7) is 9.69. The van der Waals surface area contributed by atoms with Crippen LogP contribution in [0.4, 0.5) is 0 Å². The normalized spacial score (nSPS) is 29.6. The molecule has 0 saturated carbocycles. The quantitative estimate of drug-likeness (QED) is 0.630. The van der Waals surface area contributed by atoms with Crippen molar-refractivity contribution >= 4 is 0 Å². The molecule has 0 aromatic heterocycles. The Hall–Kier alpha value is -0.120. The second-order valence-electron chi connectivity index (χ2n) is 5.18. The van der Waals surface area contributed by atoms with Crippen molar-refractivity contribution in [2.75, 3.05) is 53.1 Å². The van der Waals surface area contributed by atoms with E-state index >= 15 is 0 Å². The number of morpholine rings is 1. The van der Waals surface area contributed by atoms with E-state index in [1.165, 1.54) is 30.5 Å². The van der Waals surface area contributed by atoms with Gasteiger partial charge in [0, 0.05) is 0 Å². The maximum Gasteiger partial charge on any atom is 0.102 e. The van der Waals surface area contributed by atoms with Crippen LogP contribution in [0.3, 0.4) is 0 Å². The zero-order chi connectivity index (χ0) is 10.1. The third-order valence-corrected chi connectivity index (χ3v) is 3.83. The van der Waals surface area contributed by atoms with E-state index < -0.39 is 0 Å². The van der Waals surface area contributed by atoms with Crippen LogP contribution in [0.2, 0.25) is 0 Å². The van der Waals surface area contributed by atoms with Gasteiger partial charge in [0.05, 0.1) is 45.4 Å². The summed E-state index contributed by atoms with van der Waals surface area (Å²) in [4.78, 5) is 0. The largest absolute Gasteiger partial charge is 0.380 e. The van der Waals surface area contributed by atoms with E-state index in [0.29, 0.717) is 5.41 Å². The third-order valence-electron chi connectivity index (χ3n) is 3.83. The Kier molecular flexibility index (Phi) is 2.82. The average molecular weight is 200 g/mol. The van der Waals surface area contributed by atoms with Gasteiger partial charge in [0.25, 0.3) is 0 Å². The molecule has 2 saturated heterocycles. The Bertz CT molecular complexity index is 190. The Morgan fingerprint density at radius 1 is 1.14 bits per heavy atom. The standard InChI is InChI=1S/C11H22NO2/c1-3-11(9-14-10-11)8-12(2)4-6-13-7-5-12/h3-10H2,1-2H3/q+1. The second-order valence-corrected chi connectivity index (χ2v) is 5.18. The van der Waals surface area contributed by atoms with Crippen LogP contribution in [0.5, 0.6) is 0 Å². The van der Waals surface area contributed by atoms with Gasteiger partial charge in [0.2, 0.25) is 0 Å². The molecule has 0 amide bonds. The van der Waals surface area contributed by atoms with Crippen LogP contribution in [0.15, 0.2) is 0 Å². The molecule has 0 N–H and O–H groups in total. The minimum Gasteiger partial charge on any atom is -0.380 e. The van der Waals surface area contributed by atoms with Crippen LogP contribution in [0, 0.1) is 5.41 Å². The first kappa shape index (κ1) is 10.4. The van der Waals surface area contributed by atoms with Crippen LogP contribution >= 0.6 is 0 Å². The molecule has 0 radical (unpaired) electrons. The molecule has 0 aliphatic carbocycles. The number of nitrogens with zero attached hydrogens (tertiary/aromatic N) is 1. The zero-order valence-electron chi connectivity index (χ0n) is 9.42. The molecular weight excluding hydrogens is 178 g/mol. The topological polar surface area (TPSA) is 18.5 Å². The number of rotatable bonds is 3. The lowest BCUT2D eigenvalue weighted by Crippen LogP contribution is -2.61. The predicted molar refractivity (Wildman–Crippen MR) is 55.1 cm³/mol. The van der Waals surface area contributed by atoms with Crippen molar-refractivity contribution in [2.45, 2.75) is 13.3 Å². The van der Waals surface area contributed by atoms with Gasteiger partial charge in [-0.25, -0.2) is 0 Å². The number of likely N-dealkylation sites (N-methyl/N-ethyl adjacent to an activating group) is 1. The third kappa shape index (κ3) is 1.95. The highest BCUT2D eigenvalue weighted by Crippen LogP contribution is 2.34. The van der Waals surface area contributed by atoms with E-state index in [4.69, 9.17) is 9.47 Å². The highest BCUT2D eigenvalue weighted by atomic mass is 16.5. The lowest BCUT2D eigenvalue weighted by molar-refractivity contribution is -0.924. The fourth-order valence-corrected chi connectivity index (χ4v) is 2.55. The van der Waals surface area contributed by atoms with E-state index in [-0.39, 0.29) is 0 Å². The lowest BCUT2D eigenvalue weighted by atomic mass is 9.82. The first-order chi connectivity index (χ1) is 6.68. The molecule has 2 aliphatic rings. The van der Waals surface area contributed by atoms with Gasteiger partial charge in [-0.3, -0.25) is 0 Å². The van der Waals surface area contributed by atoms with E-state index in [1.54, 1.807) is 0 Å². The van der Waals surface area contributed by atoms with Gasteiger partial charge >= 0.3 is 0 Å². The SMILES string of the molecule is CCC1(C[N+]2(C)CCOCC2)COC1. The van der Waals surface area contributed by atoms with Gasteiger partial charge in [-0.05, 0) is 6.42 Å². The summed E-state index contributed by atoms with van der Waals surface area (Å²) in [5, 5.41) is 0. The fourth-order valence-electron chi connectivity index (χ4n) is 2.55. The van der Waals surface area contributed by atoms with Crippen molar-refractivity contribution in [2.24, 2.45) is 5.41 Å². The smallest absolute Gasteiger partial charge is 0.102 e. The van der Waals surface area contributed by atoms with Gasteiger partial charge < -0.3 is 14.0 Å². The maximum absolute atomic E-state index is 5.42. The van der Waals surface area contributed by atoms with Crippen LogP contribution in [-0.4, -0.2) is 57.6 Å². The van der Waals surface area contributed by atoms with Crippen LogP contribution in [0.25, 0.3) is 0 Å². The summed E-state index contributed by atoms with van der Waals surface area (Å²) < 4.78 is 12.0. The molecule has 2 aliphatic heterocycles. The van der Waals surface area contributed by atoms with Crippen molar-refractivity contribution in [3.8, 4) is 0 Å². The summed E-state index contributed by atoms with van der Waals surface area (Å²) in [6, 6.07) is 0. The van der Waals surface area contributed by atoms with Crippen LogP contribution in [0.1, 0.15) is 13.3 Å². The van der Waals surface area contributed by atoms with Crippen molar-refractivity contribution in [1.82, 2.24) is 0 Å². The minimum atomic E-state index is 0.478. The van der Waals surface area contributed by atoms with Gasteiger partial charge in [0.1, 0.15) is 13.1 Å². The Balaban J connectivity index is 1.93. The molecule has 2 rings (SSSR count). The zero-order valence-corrected chi connectivity index (χ0v) is 9.42. The summed E-state index contributed by atoms with van der Waals surface area (Å²) in [5.41, 5.74) is 0.478. The van der Waals surface area contributed by atoms with E-state index in [0.717, 1.165) is 26.4 Å². The van der Waals surface area contributed by atoms with E-state index in [2.05, 4.69) is 14.0 Å². The van der Waals surface area contributed by atoms with Gasteiger partial charge in [0.15, 0.2) is 0 Å². The summed E-state index contributed by atoms with van der Waals surface area (Å²) >= 11 is 0. The van der Waals surface area contributed by atoms with E-state index in [1.807, 2.05) is 0 Å². The highest BCUT2D eigenvalue weighted by molar-refractivity contribution is 4.84. The molecule has 0 bridgehead atoms. The fraction of sp³-hybridized carbons (Fsp3) is 1.00. The molecular formula is C11H22NO2+.